The maximum atomic E-state index is 12.3. The smallest absolute Gasteiger partial charge is 0.410 e. The Morgan fingerprint density at radius 1 is 1.00 bits per heavy atom. The molecule has 0 radical (unpaired) electrons. The first-order valence-corrected chi connectivity index (χ1v) is 11.6. The third-order valence-corrected chi connectivity index (χ3v) is 6.66. The van der Waals surface area contributed by atoms with Gasteiger partial charge in [-0.3, -0.25) is 14.9 Å². The molecule has 8 heteroatoms. The molecular formula is C24H26N2O5S. The lowest BCUT2D eigenvalue weighted by Crippen LogP contribution is -2.39. The molecule has 2 heterocycles. The van der Waals surface area contributed by atoms with Gasteiger partial charge in [0.2, 0.25) is 5.91 Å². The number of carbonyl (C=O) groups excluding carboxylic acids is 3. The Bertz CT molecular complexity index is 943. The van der Waals surface area contributed by atoms with Gasteiger partial charge in [0.15, 0.2) is 0 Å². The number of carbonyl (C=O) groups is 3. The second-order valence-electron chi connectivity index (χ2n) is 8.01. The van der Waals surface area contributed by atoms with E-state index in [9.17, 15) is 14.4 Å². The van der Waals surface area contributed by atoms with Gasteiger partial charge in [-0.2, -0.15) is 0 Å². The van der Waals surface area contributed by atoms with E-state index < -0.39 is 0 Å². The highest BCUT2D eigenvalue weighted by atomic mass is 32.2. The van der Waals surface area contributed by atoms with Crippen LogP contribution in [0.15, 0.2) is 54.6 Å². The first-order valence-electron chi connectivity index (χ1n) is 10.8. The third-order valence-electron chi connectivity index (χ3n) is 5.68. The van der Waals surface area contributed by atoms with Gasteiger partial charge in [-0.05, 0) is 48.4 Å². The minimum absolute atomic E-state index is 0.226. The summed E-state index contributed by atoms with van der Waals surface area (Å²) in [5.41, 5.74) is 1.97. The monoisotopic (exact) mass is 454 g/mol. The molecule has 2 aliphatic rings. The van der Waals surface area contributed by atoms with E-state index in [1.165, 1.54) is 0 Å². The van der Waals surface area contributed by atoms with Crippen LogP contribution >= 0.6 is 11.8 Å². The molecule has 1 N–H and O–H groups in total. The highest BCUT2D eigenvalue weighted by Gasteiger charge is 2.31. The zero-order valence-corrected chi connectivity index (χ0v) is 18.5. The molecule has 2 fully saturated rings. The zero-order valence-electron chi connectivity index (χ0n) is 17.7. The molecule has 1 unspecified atom stereocenters. The van der Waals surface area contributed by atoms with Crippen molar-refractivity contribution in [1.82, 2.24) is 10.2 Å². The fraction of sp³-hybridized carbons (Fsp3) is 0.375. The number of likely N-dealkylation sites (tertiary alicyclic amines) is 1. The van der Waals surface area contributed by atoms with Gasteiger partial charge in [0, 0.05) is 13.1 Å². The molecule has 4 rings (SSSR count). The van der Waals surface area contributed by atoms with Crippen LogP contribution in [0.5, 0.6) is 5.75 Å². The molecule has 168 valence electrons. The summed E-state index contributed by atoms with van der Waals surface area (Å²) in [6, 6.07) is 17.3. The molecule has 0 aliphatic carbocycles. The average molecular weight is 455 g/mol. The molecule has 0 aromatic heterocycles. The van der Waals surface area contributed by atoms with Crippen LogP contribution in [-0.4, -0.2) is 47.1 Å². The number of thioether (sulfide) groups is 1. The number of nitrogens with one attached hydrogen (secondary N) is 1. The van der Waals surface area contributed by atoms with E-state index in [-0.39, 0.29) is 22.5 Å². The number of ether oxygens (including phenoxy) is 2. The summed E-state index contributed by atoms with van der Waals surface area (Å²) in [7, 11) is 0. The molecule has 0 saturated carbocycles. The molecule has 2 aromatic carbocycles. The van der Waals surface area contributed by atoms with E-state index in [1.807, 2.05) is 54.6 Å². The standard InChI is InChI=1S/C24H26N2O5S/c27-22-21(32-23(28)25-22)14-17-6-8-20(9-7-17)30-15-19-10-12-26(13-11-19)24(29)31-16-18-4-2-1-3-5-18/h1-9,19,21H,10-16H2,(H,25,27,28). The maximum Gasteiger partial charge on any atom is 0.410 e. The Labute approximate surface area is 191 Å². The lowest BCUT2D eigenvalue weighted by molar-refractivity contribution is -0.118. The molecule has 2 saturated heterocycles. The molecular weight excluding hydrogens is 428 g/mol. The number of benzene rings is 2. The average Bonchev–Trinajstić information content (AvgIpc) is 3.14. The van der Waals surface area contributed by atoms with Crippen LogP contribution in [0.25, 0.3) is 0 Å². The van der Waals surface area contributed by atoms with Crippen LogP contribution in [0, 0.1) is 5.92 Å². The van der Waals surface area contributed by atoms with Crippen molar-refractivity contribution < 1.29 is 23.9 Å². The summed E-state index contributed by atoms with van der Waals surface area (Å²) in [4.78, 5) is 37.0. The molecule has 0 bridgehead atoms. The fourth-order valence-corrected chi connectivity index (χ4v) is 4.63. The molecule has 7 nitrogen and oxygen atoms in total. The van der Waals surface area contributed by atoms with Crippen LogP contribution in [0.2, 0.25) is 0 Å². The van der Waals surface area contributed by atoms with E-state index in [2.05, 4.69) is 5.32 Å². The number of hydrogen-bond acceptors (Lipinski definition) is 6. The lowest BCUT2D eigenvalue weighted by Gasteiger charge is -2.31. The highest BCUT2D eigenvalue weighted by Crippen LogP contribution is 2.25. The normalized spacial score (nSPS) is 19.0. The van der Waals surface area contributed by atoms with Crippen LogP contribution in [-0.2, 0) is 22.6 Å². The van der Waals surface area contributed by atoms with Crippen molar-refractivity contribution in [3.8, 4) is 5.75 Å². The van der Waals surface area contributed by atoms with Gasteiger partial charge in [-0.25, -0.2) is 4.79 Å². The van der Waals surface area contributed by atoms with Gasteiger partial charge < -0.3 is 14.4 Å². The second kappa shape index (κ2) is 10.5. The number of hydrogen-bond donors (Lipinski definition) is 1. The number of amides is 3. The van der Waals surface area contributed by atoms with Crippen LogP contribution < -0.4 is 10.1 Å². The first kappa shape index (κ1) is 22.2. The molecule has 32 heavy (non-hydrogen) atoms. The van der Waals surface area contributed by atoms with Gasteiger partial charge in [0.05, 0.1) is 11.9 Å². The van der Waals surface area contributed by atoms with Gasteiger partial charge in [-0.1, -0.05) is 54.2 Å². The predicted octanol–water partition coefficient (Wildman–Crippen LogP) is 4.01. The largest absolute Gasteiger partial charge is 0.493 e. The number of piperidine rings is 1. The Balaban J connectivity index is 1.16. The molecule has 0 spiro atoms. The topological polar surface area (TPSA) is 84.9 Å². The van der Waals surface area contributed by atoms with Gasteiger partial charge in [0.25, 0.3) is 5.24 Å². The Hall–Kier alpha value is -3.00. The quantitative estimate of drug-likeness (QED) is 0.681. The molecule has 2 aromatic rings. The van der Waals surface area contributed by atoms with Crippen LogP contribution in [0.4, 0.5) is 9.59 Å². The Kier molecular flexibility index (Phi) is 7.32. The van der Waals surface area contributed by atoms with E-state index in [4.69, 9.17) is 9.47 Å². The van der Waals surface area contributed by atoms with Crippen molar-refractivity contribution >= 4 is 29.0 Å². The second-order valence-corrected chi connectivity index (χ2v) is 9.19. The van der Waals surface area contributed by atoms with Crippen molar-refractivity contribution in [2.45, 2.75) is 31.1 Å². The summed E-state index contributed by atoms with van der Waals surface area (Å²) in [5.74, 6) is 0.936. The Morgan fingerprint density at radius 3 is 2.38 bits per heavy atom. The predicted molar refractivity (Wildman–Crippen MR) is 121 cm³/mol. The van der Waals surface area contributed by atoms with Crippen LogP contribution in [0.3, 0.4) is 0 Å². The van der Waals surface area contributed by atoms with E-state index >= 15 is 0 Å². The van der Waals surface area contributed by atoms with Gasteiger partial charge in [0.1, 0.15) is 12.4 Å². The molecule has 2 aliphatic heterocycles. The SMILES string of the molecule is O=C1NC(=O)C(Cc2ccc(OCC3CCN(C(=O)OCc4ccccc4)CC3)cc2)S1. The number of nitrogens with zero attached hydrogens (tertiary/aromatic N) is 1. The number of rotatable bonds is 7. The van der Waals surface area contributed by atoms with Crippen molar-refractivity contribution in [3.05, 3.63) is 65.7 Å². The maximum absolute atomic E-state index is 12.3. The molecule has 1 atom stereocenters. The summed E-state index contributed by atoms with van der Waals surface area (Å²) >= 11 is 1.04. The van der Waals surface area contributed by atoms with Crippen molar-refractivity contribution in [3.63, 3.8) is 0 Å². The minimum Gasteiger partial charge on any atom is -0.493 e. The summed E-state index contributed by atoms with van der Waals surface area (Å²) in [6.45, 7) is 2.22. The van der Waals surface area contributed by atoms with Crippen LogP contribution in [0.1, 0.15) is 24.0 Å². The number of imide groups is 1. The zero-order chi connectivity index (χ0) is 22.3. The Morgan fingerprint density at radius 2 is 1.72 bits per heavy atom. The summed E-state index contributed by atoms with van der Waals surface area (Å²) in [5, 5.41) is 1.66. The highest BCUT2D eigenvalue weighted by molar-refractivity contribution is 8.15. The van der Waals surface area contributed by atoms with Gasteiger partial charge >= 0.3 is 6.09 Å². The molecule has 3 amide bonds. The van der Waals surface area contributed by atoms with Crippen molar-refractivity contribution in [2.24, 2.45) is 5.92 Å². The fourth-order valence-electron chi connectivity index (χ4n) is 3.77. The third kappa shape index (κ3) is 6.03. The summed E-state index contributed by atoms with van der Waals surface area (Å²) in [6.07, 6.45) is 2.00. The van der Waals surface area contributed by atoms with E-state index in [0.29, 0.717) is 38.6 Å². The lowest BCUT2D eigenvalue weighted by atomic mass is 9.98. The van der Waals surface area contributed by atoms with Crippen molar-refractivity contribution in [1.29, 1.82) is 0 Å². The minimum atomic E-state index is -0.362. The summed E-state index contributed by atoms with van der Waals surface area (Å²) < 4.78 is 11.4. The first-order chi connectivity index (χ1) is 15.6. The van der Waals surface area contributed by atoms with Gasteiger partial charge in [-0.15, -0.1) is 0 Å². The van der Waals surface area contributed by atoms with Crippen molar-refractivity contribution in [2.75, 3.05) is 19.7 Å². The van der Waals surface area contributed by atoms with E-state index in [1.54, 1.807) is 4.90 Å². The van der Waals surface area contributed by atoms with E-state index in [0.717, 1.165) is 41.5 Å².